The Hall–Kier alpha value is -1.94. The molecule has 14 heteroatoms. The SMILES string of the molecule is C#CCO[C@H]1C[C@H](n2cc(C(F)(F)F)c(=O)[nH]c2=O)O[C@@H]1COP(=O)(O)OCCCC. The van der Waals surface area contributed by atoms with E-state index in [0.29, 0.717) is 17.2 Å². The molecule has 0 radical (unpaired) electrons. The van der Waals surface area contributed by atoms with Crippen molar-refractivity contribution in [3.05, 3.63) is 32.6 Å². The molecule has 0 aliphatic carbocycles. The molecule has 0 spiro atoms. The van der Waals surface area contributed by atoms with Gasteiger partial charge >= 0.3 is 19.7 Å². The van der Waals surface area contributed by atoms with Crippen LogP contribution in [0.15, 0.2) is 15.8 Å². The van der Waals surface area contributed by atoms with Gasteiger partial charge < -0.3 is 14.4 Å². The fraction of sp³-hybridized carbons (Fsp3) is 0.647. The summed E-state index contributed by atoms with van der Waals surface area (Å²) in [5.74, 6) is 2.21. The first-order valence-corrected chi connectivity index (χ1v) is 10.7. The summed E-state index contributed by atoms with van der Waals surface area (Å²) in [6.07, 6.45) is -1.59. The van der Waals surface area contributed by atoms with E-state index in [9.17, 15) is 32.2 Å². The third-order valence-electron chi connectivity index (χ3n) is 4.30. The zero-order chi connectivity index (χ0) is 23.2. The summed E-state index contributed by atoms with van der Waals surface area (Å²) in [4.78, 5) is 34.8. The average Bonchev–Trinajstić information content (AvgIpc) is 3.06. The predicted molar refractivity (Wildman–Crippen MR) is 100 cm³/mol. The molecule has 0 saturated carbocycles. The summed E-state index contributed by atoms with van der Waals surface area (Å²) in [5.41, 5.74) is -4.30. The Balaban J connectivity index is 2.20. The van der Waals surface area contributed by atoms with E-state index in [1.54, 1.807) is 4.98 Å². The normalized spacial score (nSPS) is 23.4. The van der Waals surface area contributed by atoms with Gasteiger partial charge in [0.05, 0.1) is 19.3 Å². The Morgan fingerprint density at radius 3 is 2.74 bits per heavy atom. The maximum atomic E-state index is 13.0. The minimum absolute atomic E-state index is 0.0115. The van der Waals surface area contributed by atoms with Crippen molar-refractivity contribution in [3.63, 3.8) is 0 Å². The van der Waals surface area contributed by atoms with E-state index in [4.69, 9.17) is 24.9 Å². The highest BCUT2D eigenvalue weighted by atomic mass is 31.2. The monoisotopic (exact) mass is 470 g/mol. The lowest BCUT2D eigenvalue weighted by molar-refractivity contribution is -0.139. The summed E-state index contributed by atoms with van der Waals surface area (Å²) < 4.78 is 72.2. The van der Waals surface area contributed by atoms with Crippen LogP contribution in [0.25, 0.3) is 0 Å². The maximum absolute atomic E-state index is 13.0. The number of H-pyrrole nitrogens is 1. The van der Waals surface area contributed by atoms with Crippen LogP contribution < -0.4 is 11.2 Å². The Labute approximate surface area is 174 Å². The van der Waals surface area contributed by atoms with Crippen LogP contribution >= 0.6 is 7.82 Å². The second-order valence-electron chi connectivity index (χ2n) is 6.58. The van der Waals surface area contributed by atoms with Gasteiger partial charge in [0.15, 0.2) is 0 Å². The topological polar surface area (TPSA) is 129 Å². The van der Waals surface area contributed by atoms with Crippen LogP contribution in [0, 0.1) is 12.3 Å². The van der Waals surface area contributed by atoms with Crippen molar-refractivity contribution >= 4 is 7.82 Å². The van der Waals surface area contributed by atoms with Gasteiger partial charge in [0.25, 0.3) is 5.56 Å². The minimum atomic E-state index is -5.00. The summed E-state index contributed by atoms with van der Waals surface area (Å²) in [6.45, 7) is 1.14. The molecule has 1 unspecified atom stereocenters. The molecule has 0 bridgehead atoms. The number of unbranched alkanes of at least 4 members (excludes halogenated alkanes) is 1. The van der Waals surface area contributed by atoms with Crippen LogP contribution in [0.2, 0.25) is 0 Å². The van der Waals surface area contributed by atoms with Gasteiger partial charge in [0.2, 0.25) is 0 Å². The second kappa shape index (κ2) is 10.6. The van der Waals surface area contributed by atoms with Gasteiger partial charge in [0.1, 0.15) is 24.5 Å². The second-order valence-corrected chi connectivity index (χ2v) is 8.03. The number of alkyl halides is 3. The Morgan fingerprint density at radius 2 is 2.13 bits per heavy atom. The number of nitrogens with one attached hydrogen (secondary N) is 1. The smallest absolute Gasteiger partial charge is 0.363 e. The van der Waals surface area contributed by atoms with E-state index in [0.717, 1.165) is 6.42 Å². The Kier molecular flexibility index (Phi) is 8.65. The number of halogens is 3. The van der Waals surface area contributed by atoms with E-state index in [1.165, 1.54) is 0 Å². The quantitative estimate of drug-likeness (QED) is 0.301. The lowest BCUT2D eigenvalue weighted by atomic mass is 10.2. The number of phosphoric acid groups is 1. The van der Waals surface area contributed by atoms with E-state index < -0.39 is 55.9 Å². The molecule has 1 aliphatic rings. The fourth-order valence-corrected chi connectivity index (χ4v) is 3.55. The number of nitrogens with zero attached hydrogens (tertiary/aromatic N) is 1. The highest BCUT2D eigenvalue weighted by Gasteiger charge is 2.41. The molecule has 2 rings (SSSR count). The van der Waals surface area contributed by atoms with Crippen molar-refractivity contribution in [2.45, 2.75) is 50.8 Å². The van der Waals surface area contributed by atoms with Crippen molar-refractivity contribution < 1.29 is 41.2 Å². The third-order valence-corrected chi connectivity index (χ3v) is 5.28. The Bertz CT molecular complexity index is 954. The minimum Gasteiger partial charge on any atom is -0.363 e. The van der Waals surface area contributed by atoms with Crippen LogP contribution in [-0.2, 0) is 29.3 Å². The molecular weight excluding hydrogens is 448 g/mol. The van der Waals surface area contributed by atoms with Crippen LogP contribution in [0.3, 0.4) is 0 Å². The van der Waals surface area contributed by atoms with Gasteiger partial charge in [-0.25, -0.2) is 9.36 Å². The van der Waals surface area contributed by atoms with Crippen LogP contribution in [0.5, 0.6) is 0 Å². The molecule has 2 heterocycles. The molecule has 2 N–H and O–H groups in total. The van der Waals surface area contributed by atoms with Gasteiger partial charge in [-0.15, -0.1) is 6.42 Å². The zero-order valence-corrected chi connectivity index (χ0v) is 17.4. The summed E-state index contributed by atoms with van der Waals surface area (Å²) >= 11 is 0. The molecule has 1 aliphatic heterocycles. The fourth-order valence-electron chi connectivity index (χ4n) is 2.78. The van der Waals surface area contributed by atoms with E-state index in [-0.39, 0.29) is 19.6 Å². The third kappa shape index (κ3) is 7.03. The number of hydrogen-bond donors (Lipinski definition) is 2. The zero-order valence-electron chi connectivity index (χ0n) is 16.5. The number of terminal acetylenes is 1. The molecule has 0 aromatic carbocycles. The standard InChI is InChI=1S/C17H22F3N2O8P/c1-3-5-7-28-31(25,26)29-10-13-12(27-6-4-2)8-14(30-13)22-9-11(17(18,19)20)15(23)21-16(22)24/h2,9,12-14H,3,5-8,10H2,1H3,(H,25,26)(H,21,23,24)/t12-,13+,14+/m0/s1. The first-order chi connectivity index (χ1) is 14.5. The molecular formula is C17H22F3N2O8P. The molecule has 1 saturated heterocycles. The number of ether oxygens (including phenoxy) is 2. The summed E-state index contributed by atoms with van der Waals surface area (Å²) in [6, 6.07) is 0. The van der Waals surface area contributed by atoms with Crippen molar-refractivity contribution in [2.24, 2.45) is 0 Å². The highest BCUT2D eigenvalue weighted by molar-refractivity contribution is 7.47. The molecule has 1 fully saturated rings. The van der Waals surface area contributed by atoms with Crippen molar-refractivity contribution in [1.82, 2.24) is 9.55 Å². The molecule has 10 nitrogen and oxygen atoms in total. The van der Waals surface area contributed by atoms with Gasteiger partial charge in [0, 0.05) is 12.6 Å². The predicted octanol–water partition coefficient (Wildman–Crippen LogP) is 1.79. The van der Waals surface area contributed by atoms with Crippen molar-refractivity contribution in [3.8, 4) is 12.3 Å². The van der Waals surface area contributed by atoms with E-state index in [1.807, 2.05) is 6.92 Å². The lowest BCUT2D eigenvalue weighted by Gasteiger charge is -2.20. The molecule has 0 amide bonds. The largest absolute Gasteiger partial charge is 0.472 e. The molecule has 174 valence electrons. The molecule has 1 aromatic rings. The highest BCUT2D eigenvalue weighted by Crippen LogP contribution is 2.44. The maximum Gasteiger partial charge on any atom is 0.472 e. The van der Waals surface area contributed by atoms with Gasteiger partial charge in [-0.2, -0.15) is 13.2 Å². The molecule has 4 atom stereocenters. The van der Waals surface area contributed by atoms with Crippen molar-refractivity contribution in [1.29, 1.82) is 0 Å². The first-order valence-electron chi connectivity index (χ1n) is 9.23. The number of aromatic nitrogens is 2. The summed E-state index contributed by atoms with van der Waals surface area (Å²) in [5, 5.41) is 0. The Morgan fingerprint density at radius 1 is 1.42 bits per heavy atom. The van der Waals surface area contributed by atoms with Crippen LogP contribution in [-0.4, -0.2) is 46.5 Å². The number of aromatic amines is 1. The van der Waals surface area contributed by atoms with Crippen molar-refractivity contribution in [2.75, 3.05) is 19.8 Å². The van der Waals surface area contributed by atoms with Gasteiger partial charge in [-0.1, -0.05) is 19.3 Å². The number of rotatable bonds is 10. The van der Waals surface area contributed by atoms with Crippen LogP contribution in [0.4, 0.5) is 13.2 Å². The van der Waals surface area contributed by atoms with E-state index >= 15 is 0 Å². The van der Waals surface area contributed by atoms with Gasteiger partial charge in [-0.05, 0) is 6.42 Å². The van der Waals surface area contributed by atoms with Gasteiger partial charge in [-0.3, -0.25) is 23.4 Å². The average molecular weight is 470 g/mol. The molecule has 1 aromatic heterocycles. The number of hydrogen-bond acceptors (Lipinski definition) is 7. The van der Waals surface area contributed by atoms with E-state index in [2.05, 4.69) is 5.92 Å². The summed E-state index contributed by atoms with van der Waals surface area (Å²) in [7, 11) is -4.41. The lowest BCUT2D eigenvalue weighted by Crippen LogP contribution is -2.36. The van der Waals surface area contributed by atoms with Crippen LogP contribution in [0.1, 0.15) is 38.0 Å². The first kappa shape index (κ1) is 25.3. The molecule has 31 heavy (non-hydrogen) atoms. The number of phosphoric ester groups is 1.